The lowest BCUT2D eigenvalue weighted by Crippen LogP contribution is -2.11. The standard InChI is InChI=1S/C15H17BrOS/c1-15(2,3)11-7-10(9-16)14(17)12(8-11)13-5-4-6-18-13/h4-8,17H,9H2,1-3H3. The Morgan fingerprint density at radius 3 is 2.50 bits per heavy atom. The molecule has 2 rings (SSSR count). The summed E-state index contributed by atoms with van der Waals surface area (Å²) in [6, 6.07) is 8.25. The molecule has 1 aromatic carbocycles. The van der Waals surface area contributed by atoms with Crippen LogP contribution in [0.1, 0.15) is 31.9 Å². The van der Waals surface area contributed by atoms with Gasteiger partial charge in [0.1, 0.15) is 5.75 Å². The van der Waals surface area contributed by atoms with E-state index in [0.717, 1.165) is 16.0 Å². The maximum absolute atomic E-state index is 10.3. The van der Waals surface area contributed by atoms with Crippen molar-refractivity contribution < 1.29 is 5.11 Å². The molecule has 0 aliphatic carbocycles. The summed E-state index contributed by atoms with van der Waals surface area (Å²) in [5, 5.41) is 13.0. The van der Waals surface area contributed by atoms with Crippen LogP contribution in [-0.4, -0.2) is 5.11 Å². The van der Waals surface area contributed by atoms with Crippen LogP contribution in [-0.2, 0) is 10.7 Å². The molecule has 1 heterocycles. The molecule has 0 atom stereocenters. The SMILES string of the molecule is CC(C)(C)c1cc(CBr)c(O)c(-c2cccs2)c1. The van der Waals surface area contributed by atoms with Gasteiger partial charge < -0.3 is 5.11 Å². The molecule has 0 spiro atoms. The average Bonchev–Trinajstić information content (AvgIpc) is 2.81. The quantitative estimate of drug-likeness (QED) is 0.742. The normalized spacial score (nSPS) is 11.8. The first-order valence-corrected chi connectivity index (χ1v) is 7.90. The fraction of sp³-hybridized carbons (Fsp3) is 0.333. The van der Waals surface area contributed by atoms with Gasteiger partial charge in [0.15, 0.2) is 0 Å². The monoisotopic (exact) mass is 324 g/mol. The molecule has 1 aromatic heterocycles. The molecule has 0 fully saturated rings. The van der Waals surface area contributed by atoms with Gasteiger partial charge in [0, 0.05) is 21.3 Å². The lowest BCUT2D eigenvalue weighted by atomic mass is 9.84. The zero-order chi connectivity index (χ0) is 13.3. The average molecular weight is 325 g/mol. The molecule has 0 radical (unpaired) electrons. The van der Waals surface area contributed by atoms with E-state index in [1.165, 1.54) is 5.56 Å². The minimum Gasteiger partial charge on any atom is -0.507 e. The van der Waals surface area contributed by atoms with Crippen molar-refractivity contribution >= 4 is 27.3 Å². The molecule has 0 saturated heterocycles. The third-order valence-corrected chi connectivity index (χ3v) is 4.49. The molecule has 1 N–H and O–H groups in total. The van der Waals surface area contributed by atoms with E-state index >= 15 is 0 Å². The third kappa shape index (κ3) is 2.62. The Bertz CT molecular complexity index is 538. The molecule has 0 aliphatic rings. The summed E-state index contributed by atoms with van der Waals surface area (Å²) >= 11 is 5.10. The van der Waals surface area contributed by atoms with Gasteiger partial charge in [-0.05, 0) is 28.5 Å². The van der Waals surface area contributed by atoms with Crippen LogP contribution in [0.25, 0.3) is 10.4 Å². The molecule has 18 heavy (non-hydrogen) atoms. The second kappa shape index (κ2) is 5.06. The van der Waals surface area contributed by atoms with Gasteiger partial charge in [-0.25, -0.2) is 0 Å². The van der Waals surface area contributed by atoms with Crippen molar-refractivity contribution in [3.8, 4) is 16.2 Å². The first kappa shape index (κ1) is 13.6. The van der Waals surface area contributed by atoms with Crippen LogP contribution in [0.3, 0.4) is 0 Å². The Hall–Kier alpha value is -0.800. The molecular weight excluding hydrogens is 308 g/mol. The molecule has 0 aliphatic heterocycles. The molecule has 0 bridgehead atoms. The number of hydrogen-bond donors (Lipinski definition) is 1. The molecule has 0 unspecified atom stereocenters. The first-order valence-electron chi connectivity index (χ1n) is 5.89. The predicted molar refractivity (Wildman–Crippen MR) is 82.8 cm³/mol. The van der Waals surface area contributed by atoms with E-state index in [2.05, 4.69) is 48.8 Å². The third-order valence-electron chi connectivity index (χ3n) is 2.99. The van der Waals surface area contributed by atoms with E-state index in [1.807, 2.05) is 17.5 Å². The number of thiophene rings is 1. The molecule has 3 heteroatoms. The summed E-state index contributed by atoms with van der Waals surface area (Å²) in [6.45, 7) is 6.57. The Labute approximate surface area is 121 Å². The van der Waals surface area contributed by atoms with Crippen LogP contribution in [0.15, 0.2) is 29.6 Å². The molecular formula is C15H17BrOS. The fourth-order valence-electron chi connectivity index (χ4n) is 1.85. The van der Waals surface area contributed by atoms with E-state index in [1.54, 1.807) is 11.3 Å². The Morgan fingerprint density at radius 1 is 1.28 bits per heavy atom. The number of hydrogen-bond acceptors (Lipinski definition) is 2. The molecule has 0 saturated carbocycles. The van der Waals surface area contributed by atoms with Gasteiger partial charge in [-0.1, -0.05) is 48.8 Å². The lowest BCUT2D eigenvalue weighted by molar-refractivity contribution is 0.471. The maximum Gasteiger partial charge on any atom is 0.128 e. The van der Waals surface area contributed by atoms with Gasteiger partial charge in [-0.3, -0.25) is 0 Å². The van der Waals surface area contributed by atoms with Crippen molar-refractivity contribution in [3.63, 3.8) is 0 Å². The van der Waals surface area contributed by atoms with Crippen molar-refractivity contribution in [1.82, 2.24) is 0 Å². The zero-order valence-electron chi connectivity index (χ0n) is 10.8. The van der Waals surface area contributed by atoms with E-state index in [0.29, 0.717) is 11.1 Å². The van der Waals surface area contributed by atoms with Crippen LogP contribution >= 0.6 is 27.3 Å². The summed E-state index contributed by atoms with van der Waals surface area (Å²) < 4.78 is 0. The van der Waals surface area contributed by atoms with Gasteiger partial charge in [-0.15, -0.1) is 11.3 Å². The highest BCUT2D eigenvalue weighted by Gasteiger charge is 2.19. The van der Waals surface area contributed by atoms with Gasteiger partial charge in [0.25, 0.3) is 0 Å². The number of halogens is 1. The van der Waals surface area contributed by atoms with E-state index in [9.17, 15) is 5.11 Å². The van der Waals surface area contributed by atoms with Crippen LogP contribution in [0.4, 0.5) is 0 Å². The van der Waals surface area contributed by atoms with Crippen molar-refractivity contribution in [1.29, 1.82) is 0 Å². The second-order valence-electron chi connectivity index (χ2n) is 5.39. The van der Waals surface area contributed by atoms with E-state index < -0.39 is 0 Å². The minimum atomic E-state index is 0.0800. The second-order valence-corrected chi connectivity index (χ2v) is 6.90. The summed E-state index contributed by atoms with van der Waals surface area (Å²) in [4.78, 5) is 1.11. The van der Waals surface area contributed by atoms with Crippen LogP contribution in [0.5, 0.6) is 5.75 Å². The molecule has 0 amide bonds. The number of alkyl halides is 1. The Kier molecular flexibility index (Phi) is 3.83. The van der Waals surface area contributed by atoms with Crippen LogP contribution in [0, 0.1) is 0 Å². The maximum atomic E-state index is 10.3. The Balaban J connectivity index is 2.65. The van der Waals surface area contributed by atoms with Crippen molar-refractivity contribution in [2.75, 3.05) is 0 Å². The van der Waals surface area contributed by atoms with E-state index in [4.69, 9.17) is 0 Å². The summed E-state index contributed by atoms with van der Waals surface area (Å²) in [5.41, 5.74) is 3.22. The largest absolute Gasteiger partial charge is 0.507 e. The highest BCUT2D eigenvalue weighted by Crippen LogP contribution is 2.39. The summed E-state index contributed by atoms with van der Waals surface area (Å²) in [7, 11) is 0. The number of phenolic OH excluding ortho intramolecular Hbond substituents is 1. The van der Waals surface area contributed by atoms with Crippen molar-refractivity contribution in [2.24, 2.45) is 0 Å². The predicted octanol–water partition coefficient (Wildman–Crippen LogP) is 5.31. The van der Waals surface area contributed by atoms with Crippen molar-refractivity contribution in [3.05, 3.63) is 40.8 Å². The molecule has 1 nitrogen and oxygen atoms in total. The van der Waals surface area contributed by atoms with Crippen LogP contribution < -0.4 is 0 Å². The minimum absolute atomic E-state index is 0.0800. The van der Waals surface area contributed by atoms with Gasteiger partial charge in [-0.2, -0.15) is 0 Å². The Morgan fingerprint density at radius 2 is 2.00 bits per heavy atom. The molecule has 96 valence electrons. The smallest absolute Gasteiger partial charge is 0.128 e. The number of rotatable bonds is 2. The topological polar surface area (TPSA) is 20.2 Å². The van der Waals surface area contributed by atoms with E-state index in [-0.39, 0.29) is 5.41 Å². The van der Waals surface area contributed by atoms with Gasteiger partial charge in [0.05, 0.1) is 0 Å². The summed E-state index contributed by atoms with van der Waals surface area (Å²) in [5.74, 6) is 0.391. The highest BCUT2D eigenvalue weighted by molar-refractivity contribution is 9.08. The summed E-state index contributed by atoms with van der Waals surface area (Å²) in [6.07, 6.45) is 0. The molecule has 2 aromatic rings. The number of aromatic hydroxyl groups is 1. The van der Waals surface area contributed by atoms with Crippen LogP contribution in [0.2, 0.25) is 0 Å². The van der Waals surface area contributed by atoms with Gasteiger partial charge >= 0.3 is 0 Å². The first-order chi connectivity index (χ1) is 8.43. The van der Waals surface area contributed by atoms with Gasteiger partial charge in [0.2, 0.25) is 0 Å². The zero-order valence-corrected chi connectivity index (χ0v) is 13.2. The number of phenols is 1. The number of benzene rings is 1. The highest BCUT2D eigenvalue weighted by atomic mass is 79.9. The fourth-order valence-corrected chi connectivity index (χ4v) is 3.02. The lowest BCUT2D eigenvalue weighted by Gasteiger charge is -2.22. The van der Waals surface area contributed by atoms with Crippen molar-refractivity contribution in [2.45, 2.75) is 31.5 Å².